The maximum absolute atomic E-state index is 12.1. The van der Waals surface area contributed by atoms with E-state index in [0.717, 1.165) is 33.4 Å². The summed E-state index contributed by atoms with van der Waals surface area (Å²) in [6, 6.07) is 17.3. The van der Waals surface area contributed by atoms with E-state index >= 15 is 0 Å². The second-order valence-corrected chi connectivity index (χ2v) is 6.22. The van der Waals surface area contributed by atoms with Crippen LogP contribution in [0.4, 0.5) is 0 Å². The van der Waals surface area contributed by atoms with Gasteiger partial charge in [-0.25, -0.2) is 0 Å². The molecule has 0 saturated heterocycles. The number of rotatable bonds is 6. The zero-order valence-electron chi connectivity index (χ0n) is 15.2. The molecule has 0 aliphatic heterocycles. The molecular formula is C22H22O4. The number of esters is 1. The van der Waals surface area contributed by atoms with E-state index in [9.17, 15) is 4.79 Å². The molecular weight excluding hydrogens is 328 g/mol. The first-order valence-electron chi connectivity index (χ1n) is 8.54. The Balaban J connectivity index is 1.59. The third kappa shape index (κ3) is 4.33. The lowest BCUT2D eigenvalue weighted by atomic mass is 10.1. The number of aryl methyl sites for hydroxylation is 2. The van der Waals surface area contributed by atoms with Crippen LogP contribution in [-0.2, 0) is 4.79 Å². The van der Waals surface area contributed by atoms with Crippen LogP contribution in [0, 0.1) is 13.8 Å². The van der Waals surface area contributed by atoms with E-state index in [2.05, 4.69) is 0 Å². The molecule has 3 aromatic carbocycles. The minimum atomic E-state index is -0.322. The number of hydrogen-bond acceptors (Lipinski definition) is 4. The van der Waals surface area contributed by atoms with Crippen molar-refractivity contribution in [3.63, 3.8) is 0 Å². The minimum absolute atomic E-state index is 0.184. The average Bonchev–Trinajstić information content (AvgIpc) is 2.64. The van der Waals surface area contributed by atoms with Gasteiger partial charge >= 0.3 is 5.97 Å². The highest BCUT2D eigenvalue weighted by molar-refractivity contribution is 5.86. The molecule has 0 atom stereocenters. The molecule has 0 fully saturated rings. The fourth-order valence-corrected chi connectivity index (χ4v) is 2.68. The number of benzene rings is 3. The number of methoxy groups -OCH3 is 1. The maximum Gasteiger partial charge on any atom is 0.314 e. The van der Waals surface area contributed by atoms with Crippen molar-refractivity contribution in [2.24, 2.45) is 0 Å². The van der Waals surface area contributed by atoms with Gasteiger partial charge in [0.15, 0.2) is 0 Å². The lowest BCUT2D eigenvalue weighted by molar-refractivity contribution is -0.134. The summed E-state index contributed by atoms with van der Waals surface area (Å²) in [5.41, 5.74) is 2.17. The second-order valence-electron chi connectivity index (χ2n) is 6.22. The van der Waals surface area contributed by atoms with Crippen molar-refractivity contribution in [3.8, 4) is 17.2 Å². The Morgan fingerprint density at radius 3 is 2.38 bits per heavy atom. The fourth-order valence-electron chi connectivity index (χ4n) is 2.68. The topological polar surface area (TPSA) is 44.8 Å². The SMILES string of the molecule is COc1ccc2ccc(OC(=O)CCOc3cc(C)ccc3C)cc2c1. The Bertz CT molecular complexity index is 931. The second kappa shape index (κ2) is 7.91. The van der Waals surface area contributed by atoms with Gasteiger partial charge in [0.05, 0.1) is 20.1 Å². The zero-order chi connectivity index (χ0) is 18.5. The van der Waals surface area contributed by atoms with E-state index in [1.54, 1.807) is 13.2 Å². The number of carbonyl (C=O) groups excluding carboxylic acids is 1. The minimum Gasteiger partial charge on any atom is -0.497 e. The molecule has 0 unspecified atom stereocenters. The summed E-state index contributed by atoms with van der Waals surface area (Å²) in [6.07, 6.45) is 0.184. The van der Waals surface area contributed by atoms with Crippen molar-refractivity contribution < 1.29 is 19.0 Å². The van der Waals surface area contributed by atoms with E-state index in [-0.39, 0.29) is 19.0 Å². The molecule has 0 saturated carbocycles. The van der Waals surface area contributed by atoms with E-state index in [1.807, 2.05) is 62.4 Å². The zero-order valence-corrected chi connectivity index (χ0v) is 15.2. The van der Waals surface area contributed by atoms with E-state index in [0.29, 0.717) is 5.75 Å². The Morgan fingerprint density at radius 2 is 1.62 bits per heavy atom. The van der Waals surface area contributed by atoms with Gasteiger partial charge in [0, 0.05) is 0 Å². The highest BCUT2D eigenvalue weighted by Crippen LogP contribution is 2.25. The Labute approximate surface area is 153 Å². The summed E-state index contributed by atoms with van der Waals surface area (Å²) in [5.74, 6) is 1.76. The van der Waals surface area contributed by atoms with Crippen molar-refractivity contribution in [1.29, 1.82) is 0 Å². The van der Waals surface area contributed by atoms with Crippen LogP contribution >= 0.6 is 0 Å². The molecule has 0 aliphatic rings. The molecule has 0 radical (unpaired) electrons. The van der Waals surface area contributed by atoms with Crippen LogP contribution in [0.2, 0.25) is 0 Å². The lowest BCUT2D eigenvalue weighted by Crippen LogP contribution is -2.12. The molecule has 0 amide bonds. The smallest absolute Gasteiger partial charge is 0.314 e. The molecule has 4 heteroatoms. The van der Waals surface area contributed by atoms with Crippen molar-refractivity contribution in [1.82, 2.24) is 0 Å². The summed E-state index contributed by atoms with van der Waals surface area (Å²) < 4.78 is 16.4. The quantitative estimate of drug-likeness (QED) is 0.471. The van der Waals surface area contributed by atoms with Gasteiger partial charge < -0.3 is 14.2 Å². The number of fused-ring (bicyclic) bond motifs is 1. The monoisotopic (exact) mass is 350 g/mol. The first-order chi connectivity index (χ1) is 12.5. The number of hydrogen-bond donors (Lipinski definition) is 0. The van der Waals surface area contributed by atoms with Crippen LogP contribution in [-0.4, -0.2) is 19.7 Å². The largest absolute Gasteiger partial charge is 0.497 e. The highest BCUT2D eigenvalue weighted by Gasteiger charge is 2.08. The molecule has 0 spiro atoms. The molecule has 3 aromatic rings. The van der Waals surface area contributed by atoms with Crippen LogP contribution in [0.5, 0.6) is 17.2 Å². The first kappa shape index (κ1) is 17.8. The number of ether oxygens (including phenoxy) is 3. The molecule has 0 N–H and O–H groups in total. The Kier molecular flexibility index (Phi) is 5.42. The average molecular weight is 350 g/mol. The summed E-state index contributed by atoms with van der Waals surface area (Å²) in [6.45, 7) is 4.27. The van der Waals surface area contributed by atoms with Gasteiger partial charge in [0.2, 0.25) is 0 Å². The summed E-state index contributed by atoms with van der Waals surface area (Å²) >= 11 is 0. The van der Waals surface area contributed by atoms with Crippen molar-refractivity contribution >= 4 is 16.7 Å². The Morgan fingerprint density at radius 1 is 0.885 bits per heavy atom. The third-order valence-corrected chi connectivity index (χ3v) is 4.16. The normalized spacial score (nSPS) is 10.6. The van der Waals surface area contributed by atoms with Crippen LogP contribution in [0.25, 0.3) is 10.8 Å². The van der Waals surface area contributed by atoms with Gasteiger partial charge in [0.1, 0.15) is 17.2 Å². The third-order valence-electron chi connectivity index (χ3n) is 4.16. The number of carbonyl (C=O) groups is 1. The molecule has 3 rings (SSSR count). The van der Waals surface area contributed by atoms with Gasteiger partial charge in [-0.05, 0) is 66.1 Å². The van der Waals surface area contributed by atoms with E-state index in [4.69, 9.17) is 14.2 Å². The first-order valence-corrected chi connectivity index (χ1v) is 8.54. The molecule has 0 aromatic heterocycles. The molecule has 4 nitrogen and oxygen atoms in total. The van der Waals surface area contributed by atoms with Crippen molar-refractivity contribution in [3.05, 3.63) is 65.7 Å². The Hall–Kier alpha value is -3.01. The fraction of sp³-hybridized carbons (Fsp3) is 0.227. The molecule has 0 aliphatic carbocycles. The van der Waals surface area contributed by atoms with Crippen molar-refractivity contribution in [2.45, 2.75) is 20.3 Å². The van der Waals surface area contributed by atoms with Crippen LogP contribution < -0.4 is 14.2 Å². The van der Waals surface area contributed by atoms with Gasteiger partial charge in [-0.1, -0.05) is 24.3 Å². The van der Waals surface area contributed by atoms with Crippen LogP contribution in [0.1, 0.15) is 17.5 Å². The highest BCUT2D eigenvalue weighted by atomic mass is 16.5. The summed E-state index contributed by atoms with van der Waals surface area (Å²) in [7, 11) is 1.63. The van der Waals surface area contributed by atoms with E-state index < -0.39 is 0 Å². The summed E-state index contributed by atoms with van der Waals surface area (Å²) in [4.78, 5) is 12.1. The molecule has 134 valence electrons. The van der Waals surface area contributed by atoms with Gasteiger partial charge in [-0.2, -0.15) is 0 Å². The van der Waals surface area contributed by atoms with Crippen molar-refractivity contribution in [2.75, 3.05) is 13.7 Å². The molecule has 0 heterocycles. The predicted molar refractivity (Wildman–Crippen MR) is 102 cm³/mol. The standard InChI is InChI=1S/C22H22O4/c1-15-4-5-16(2)21(12-15)25-11-10-22(23)26-20-9-7-17-6-8-19(24-3)13-18(17)14-20/h4-9,12-14H,10-11H2,1-3H3. The predicted octanol–water partition coefficient (Wildman–Crippen LogP) is 4.84. The van der Waals surface area contributed by atoms with Crippen LogP contribution in [0.3, 0.4) is 0 Å². The van der Waals surface area contributed by atoms with E-state index in [1.165, 1.54) is 0 Å². The maximum atomic E-state index is 12.1. The lowest BCUT2D eigenvalue weighted by Gasteiger charge is -2.10. The summed E-state index contributed by atoms with van der Waals surface area (Å²) in [5, 5.41) is 2.02. The molecule has 0 bridgehead atoms. The molecule has 26 heavy (non-hydrogen) atoms. The van der Waals surface area contributed by atoms with Gasteiger partial charge in [-0.3, -0.25) is 4.79 Å². The van der Waals surface area contributed by atoms with Gasteiger partial charge in [-0.15, -0.1) is 0 Å². The van der Waals surface area contributed by atoms with Gasteiger partial charge in [0.25, 0.3) is 0 Å². The van der Waals surface area contributed by atoms with Crippen LogP contribution in [0.15, 0.2) is 54.6 Å².